The lowest BCUT2D eigenvalue weighted by Crippen LogP contribution is -2.51. The Morgan fingerprint density at radius 2 is 1.03 bits per heavy atom. The van der Waals surface area contributed by atoms with Gasteiger partial charge in [0.2, 0.25) is 28.3 Å². The molecule has 2 aromatic rings. The predicted octanol–water partition coefficient (Wildman–Crippen LogP) is 4.81. The largest absolute Gasteiger partial charge is 0.471 e. The molecule has 6 aliphatic rings. The van der Waals surface area contributed by atoms with Gasteiger partial charge in [-0.15, -0.1) is 0 Å². The highest BCUT2D eigenvalue weighted by Gasteiger charge is 2.52. The summed E-state index contributed by atoms with van der Waals surface area (Å²) in [5.41, 5.74) is 15.5. The number of anilines is 1. The maximum absolute atomic E-state index is 13.6. The Labute approximate surface area is 372 Å². The van der Waals surface area contributed by atoms with Crippen molar-refractivity contribution in [3.05, 3.63) is 76.2 Å². The van der Waals surface area contributed by atoms with Gasteiger partial charge in [-0.05, 0) is 98.7 Å². The first-order valence-electron chi connectivity index (χ1n) is 19.4. The molecular weight excluding hydrogens is 906 g/mol. The number of carbonyl (C=O) groups is 5. The minimum Gasteiger partial charge on any atom is -0.444 e. The van der Waals surface area contributed by atoms with E-state index in [1.165, 1.54) is 0 Å². The number of amides is 5. The summed E-state index contributed by atoms with van der Waals surface area (Å²) in [6, 6.07) is -1.31. The SMILES string of the molecule is CC(C)(C)OC(=O)N[C@H]1[C@@H](C(N)=O)[C@@H]2C=C[C@H]1C2.Fc1cnc(Cl)nc1Cl.NC(=O)[C@@H]1C(NC(=O)C(F)(F)F)[C@H]2C=C[C@@H]1C2.NC(=O)[C@@H]1[C@H](Nc2nc(Cl)ncc2F)[C@H]2C=C[C@@H]1C2. The van der Waals surface area contributed by atoms with Crippen LogP contribution in [0.1, 0.15) is 40.0 Å². The fourth-order valence-electron chi connectivity index (χ4n) is 8.83. The second kappa shape index (κ2) is 19.7. The summed E-state index contributed by atoms with van der Waals surface area (Å²) >= 11 is 16.1. The second-order valence-electron chi connectivity index (χ2n) is 16.6. The molecule has 6 aliphatic carbocycles. The molecule has 0 aliphatic heterocycles. The van der Waals surface area contributed by atoms with Gasteiger partial charge in [-0.1, -0.05) is 48.1 Å². The van der Waals surface area contributed by atoms with Gasteiger partial charge in [-0.3, -0.25) is 19.2 Å². The number of nitrogens with zero attached hydrogens (tertiary/aromatic N) is 4. The van der Waals surface area contributed by atoms with Crippen molar-refractivity contribution in [3.8, 4) is 0 Å². The lowest BCUT2D eigenvalue weighted by atomic mass is 9.88. The van der Waals surface area contributed by atoms with Crippen LogP contribution in [0.4, 0.5) is 32.6 Å². The summed E-state index contributed by atoms with van der Waals surface area (Å²) in [6.07, 6.45) is 10.4. The molecule has 8 rings (SSSR count). The van der Waals surface area contributed by atoms with Crippen molar-refractivity contribution < 1.29 is 50.7 Å². The number of aromatic nitrogens is 4. The predicted molar refractivity (Wildman–Crippen MR) is 218 cm³/mol. The average Bonchev–Trinajstić information content (AvgIpc) is 4.04. The van der Waals surface area contributed by atoms with E-state index in [9.17, 15) is 45.9 Å². The van der Waals surface area contributed by atoms with Crippen LogP contribution in [0.15, 0.2) is 48.8 Å². The van der Waals surface area contributed by atoms with Crippen molar-refractivity contribution >= 4 is 70.3 Å². The zero-order valence-electron chi connectivity index (χ0n) is 33.7. The highest BCUT2D eigenvalue weighted by molar-refractivity contribution is 6.31. The number of hydrogen-bond acceptors (Lipinski definition) is 11. The number of rotatable bonds is 7. The Balaban J connectivity index is 0.000000163. The van der Waals surface area contributed by atoms with Crippen LogP contribution in [-0.2, 0) is 23.9 Å². The topological polar surface area (TPSA) is 260 Å². The molecule has 0 aromatic carbocycles. The van der Waals surface area contributed by atoms with Crippen LogP contribution in [0.5, 0.6) is 0 Å². The number of ether oxygens (including phenoxy) is 1. The molecule has 12 atom stereocenters. The van der Waals surface area contributed by atoms with Crippen LogP contribution in [-0.4, -0.2) is 79.6 Å². The lowest BCUT2D eigenvalue weighted by molar-refractivity contribution is -0.175. The smallest absolute Gasteiger partial charge is 0.444 e. The van der Waals surface area contributed by atoms with Gasteiger partial charge in [0.05, 0.1) is 36.2 Å². The zero-order valence-corrected chi connectivity index (χ0v) is 35.9. The summed E-state index contributed by atoms with van der Waals surface area (Å²) < 4.78 is 67.4. The molecule has 63 heavy (non-hydrogen) atoms. The van der Waals surface area contributed by atoms with Gasteiger partial charge in [-0.25, -0.2) is 28.5 Å². The first-order chi connectivity index (χ1) is 29.3. The number of allylic oxidation sites excluding steroid dienone is 3. The number of alkyl carbamates (subject to hydrolysis) is 1. The fourth-order valence-corrected chi connectivity index (χ4v) is 9.27. The molecule has 1 unspecified atom stereocenters. The maximum Gasteiger partial charge on any atom is 0.471 e. The molecule has 24 heteroatoms. The molecule has 342 valence electrons. The number of halogens is 8. The summed E-state index contributed by atoms with van der Waals surface area (Å²) in [4.78, 5) is 70.8. The number of nitrogens with two attached hydrogens (primary N) is 3. The van der Waals surface area contributed by atoms with E-state index in [2.05, 4.69) is 30.6 Å². The van der Waals surface area contributed by atoms with Crippen molar-refractivity contribution in [2.45, 2.75) is 69.9 Å². The molecule has 5 amide bonds. The van der Waals surface area contributed by atoms with Crippen LogP contribution >= 0.6 is 34.8 Å². The summed E-state index contributed by atoms with van der Waals surface area (Å²) in [7, 11) is 0. The van der Waals surface area contributed by atoms with E-state index in [4.69, 9.17) is 56.7 Å². The molecule has 9 N–H and O–H groups in total. The Hall–Kier alpha value is -5.15. The second-order valence-corrected chi connectivity index (χ2v) is 17.6. The van der Waals surface area contributed by atoms with E-state index in [0.717, 1.165) is 25.2 Å². The van der Waals surface area contributed by atoms with Gasteiger partial charge in [0.25, 0.3) is 0 Å². The highest BCUT2D eigenvalue weighted by Crippen LogP contribution is 2.46. The lowest BCUT2D eigenvalue weighted by Gasteiger charge is -2.28. The van der Waals surface area contributed by atoms with E-state index in [0.29, 0.717) is 6.42 Å². The summed E-state index contributed by atoms with van der Waals surface area (Å²) in [5.74, 6) is -5.82. The van der Waals surface area contributed by atoms with Gasteiger partial charge in [0.15, 0.2) is 22.6 Å². The van der Waals surface area contributed by atoms with E-state index in [1.54, 1.807) is 32.9 Å². The van der Waals surface area contributed by atoms with Gasteiger partial charge < -0.3 is 37.9 Å². The van der Waals surface area contributed by atoms with Crippen LogP contribution in [0.25, 0.3) is 0 Å². The minimum atomic E-state index is -4.94. The monoisotopic (exact) mass is 948 g/mol. The third-order valence-electron chi connectivity index (χ3n) is 11.3. The standard InChI is InChI=1S/C13H20N2O3.C12H12ClFN4O.C10H11F3N2O2.C4HCl2FN2/c1-13(2,3)18-12(17)15-10-8-5-4-7(6-8)9(10)11(14)16;13-12-16-4-7(14)11(18-12)17-9-6-2-1-5(3-6)8(9)10(15)19;11-10(12,13)9(17)15-7-5-2-1-4(3-5)6(7)8(14)16;5-3-2(7)1-8-4(6)9-3/h4-5,7-10H,6H2,1-3H3,(H2,14,16)(H,15,17);1-2,4-6,8-9H,3H2,(H2,15,19)(H,16,17,18);1-2,4-7H,3H2,(H2,14,16)(H,15,17);1H/t7-,8+,9+,10-;5-,6+,8+,9-;4-,5+,6+,7?;/m111./s1. The molecule has 3 fully saturated rings. The summed E-state index contributed by atoms with van der Waals surface area (Å²) in [5, 5.41) is 7.25. The number of hydrogen-bond donors (Lipinski definition) is 6. The van der Waals surface area contributed by atoms with Crippen LogP contribution < -0.4 is 33.2 Å². The number of fused-ring (bicyclic) bond motifs is 6. The molecule has 3 saturated carbocycles. The van der Waals surface area contributed by atoms with Crippen LogP contribution in [0.3, 0.4) is 0 Å². The van der Waals surface area contributed by atoms with Crippen LogP contribution in [0.2, 0.25) is 15.7 Å². The van der Waals surface area contributed by atoms with E-state index >= 15 is 0 Å². The highest BCUT2D eigenvalue weighted by atomic mass is 35.5. The van der Waals surface area contributed by atoms with Gasteiger partial charge in [0.1, 0.15) is 5.60 Å². The van der Waals surface area contributed by atoms with Gasteiger partial charge in [0, 0.05) is 12.1 Å². The quantitative estimate of drug-likeness (QED) is 0.0950. The number of alkyl halides is 3. The maximum atomic E-state index is 13.6. The fraction of sp³-hybridized carbons (Fsp3) is 0.513. The normalized spacial score (nSPS) is 30.0. The Morgan fingerprint density at radius 3 is 1.44 bits per heavy atom. The first kappa shape index (κ1) is 48.9. The molecule has 2 heterocycles. The van der Waals surface area contributed by atoms with Gasteiger partial charge in [-0.2, -0.15) is 18.2 Å². The number of primary amides is 3. The average molecular weight is 950 g/mol. The molecule has 16 nitrogen and oxygen atoms in total. The molecule has 0 spiro atoms. The Bertz CT molecular complexity index is 2180. The van der Waals surface area contributed by atoms with Gasteiger partial charge >= 0.3 is 18.2 Å². The van der Waals surface area contributed by atoms with Crippen molar-refractivity contribution in [3.63, 3.8) is 0 Å². The third kappa shape index (κ3) is 12.1. The van der Waals surface area contributed by atoms with Crippen molar-refractivity contribution in [1.82, 2.24) is 30.6 Å². The van der Waals surface area contributed by atoms with E-state index in [1.807, 2.05) is 29.6 Å². The molecule has 0 saturated heterocycles. The third-order valence-corrected chi connectivity index (χ3v) is 11.9. The van der Waals surface area contributed by atoms with E-state index < -0.39 is 53.3 Å². The molecule has 0 radical (unpaired) electrons. The molecular formula is C39H44Cl3F5N10O6. The van der Waals surface area contributed by atoms with Crippen molar-refractivity contribution in [1.29, 1.82) is 0 Å². The zero-order chi connectivity index (χ0) is 46.7. The molecule has 6 bridgehead atoms. The van der Waals surface area contributed by atoms with E-state index in [-0.39, 0.29) is 92.8 Å². The number of carbonyl (C=O) groups excluding carboxylic acids is 5. The number of nitrogens with one attached hydrogen (secondary N) is 3. The Kier molecular flexibility index (Phi) is 15.3. The minimum absolute atomic E-state index is 0.0113. The molecule has 2 aromatic heterocycles. The van der Waals surface area contributed by atoms with Crippen LogP contribution in [0, 0.1) is 64.9 Å². The van der Waals surface area contributed by atoms with Crippen molar-refractivity contribution in [2.24, 2.45) is 70.5 Å². The van der Waals surface area contributed by atoms with Crippen molar-refractivity contribution in [2.75, 3.05) is 5.32 Å². The Morgan fingerprint density at radius 1 is 0.635 bits per heavy atom. The summed E-state index contributed by atoms with van der Waals surface area (Å²) in [6.45, 7) is 5.41. The first-order valence-corrected chi connectivity index (χ1v) is 20.6.